The highest BCUT2D eigenvalue weighted by Gasteiger charge is 2.25. The van der Waals surface area contributed by atoms with Gasteiger partial charge in [-0.15, -0.1) is 0 Å². The summed E-state index contributed by atoms with van der Waals surface area (Å²) in [6, 6.07) is 4.01. The molecule has 0 aliphatic rings. The van der Waals surface area contributed by atoms with Crippen molar-refractivity contribution in [2.45, 2.75) is 32.7 Å². The second-order valence-corrected chi connectivity index (χ2v) is 5.51. The maximum absolute atomic E-state index is 11.9. The highest BCUT2D eigenvalue weighted by Crippen LogP contribution is 2.22. The molecule has 0 saturated heterocycles. The van der Waals surface area contributed by atoms with E-state index in [2.05, 4.69) is 5.32 Å². The number of hydrogen-bond donors (Lipinski definition) is 2. The zero-order valence-electron chi connectivity index (χ0n) is 11.3. The molecule has 0 heterocycles. The molecule has 2 atom stereocenters. The van der Waals surface area contributed by atoms with Crippen LogP contribution in [0.5, 0.6) is 0 Å². The molecule has 2 unspecified atom stereocenters. The van der Waals surface area contributed by atoms with Crippen molar-refractivity contribution in [3.8, 4) is 0 Å². The third kappa shape index (κ3) is 4.69. The number of carbonyl (C=O) groups excluding carboxylic acids is 1. The van der Waals surface area contributed by atoms with Crippen LogP contribution in [-0.4, -0.2) is 23.0 Å². The summed E-state index contributed by atoms with van der Waals surface area (Å²) in [6.45, 7) is 3.67. The van der Waals surface area contributed by atoms with Crippen LogP contribution in [0.4, 0.5) is 0 Å². The molecule has 20 heavy (non-hydrogen) atoms. The van der Waals surface area contributed by atoms with Gasteiger partial charge >= 0.3 is 5.97 Å². The average molecular weight is 318 g/mol. The zero-order chi connectivity index (χ0) is 15.3. The lowest BCUT2D eigenvalue weighted by atomic mass is 9.99. The van der Waals surface area contributed by atoms with Gasteiger partial charge in [-0.2, -0.15) is 0 Å². The fourth-order valence-electron chi connectivity index (χ4n) is 1.74. The van der Waals surface area contributed by atoms with Crippen LogP contribution in [0.25, 0.3) is 0 Å². The lowest BCUT2D eigenvalue weighted by Crippen LogP contribution is -2.45. The fourth-order valence-corrected chi connectivity index (χ4v) is 2.06. The Bertz CT molecular complexity index is 505. The summed E-state index contributed by atoms with van der Waals surface area (Å²) >= 11 is 11.7. The van der Waals surface area contributed by atoms with Crippen molar-refractivity contribution in [2.75, 3.05) is 0 Å². The van der Waals surface area contributed by atoms with Crippen molar-refractivity contribution in [3.05, 3.63) is 33.8 Å². The molecule has 0 saturated carbocycles. The predicted molar refractivity (Wildman–Crippen MR) is 79.2 cm³/mol. The maximum Gasteiger partial charge on any atom is 0.326 e. The van der Waals surface area contributed by atoms with Crippen LogP contribution in [-0.2, 0) is 16.0 Å². The molecular formula is C14H17Cl2NO3. The molecule has 0 spiro atoms. The van der Waals surface area contributed by atoms with Crippen LogP contribution in [0.3, 0.4) is 0 Å². The summed E-state index contributed by atoms with van der Waals surface area (Å²) in [7, 11) is 0. The predicted octanol–water partition coefficient (Wildman–Crippen LogP) is 3.15. The molecule has 110 valence electrons. The van der Waals surface area contributed by atoms with Gasteiger partial charge in [-0.3, -0.25) is 4.79 Å². The van der Waals surface area contributed by atoms with E-state index in [9.17, 15) is 9.59 Å². The Morgan fingerprint density at radius 3 is 2.45 bits per heavy atom. The van der Waals surface area contributed by atoms with Gasteiger partial charge in [0.05, 0.1) is 16.5 Å². The van der Waals surface area contributed by atoms with Crippen molar-refractivity contribution in [1.29, 1.82) is 0 Å². The molecule has 0 radical (unpaired) electrons. The molecule has 6 heteroatoms. The number of halogens is 2. The molecule has 0 aliphatic carbocycles. The Morgan fingerprint density at radius 1 is 1.30 bits per heavy atom. The molecule has 4 nitrogen and oxygen atoms in total. The summed E-state index contributed by atoms with van der Waals surface area (Å²) in [4.78, 5) is 23.0. The quantitative estimate of drug-likeness (QED) is 0.847. The van der Waals surface area contributed by atoms with Gasteiger partial charge in [-0.1, -0.05) is 49.5 Å². The first-order chi connectivity index (χ1) is 9.35. The molecule has 0 fully saturated rings. The number of rotatable bonds is 6. The number of nitrogens with one attached hydrogen (secondary N) is 1. The van der Waals surface area contributed by atoms with E-state index in [0.29, 0.717) is 22.0 Å². The molecule has 1 rings (SSSR count). The zero-order valence-corrected chi connectivity index (χ0v) is 12.8. The van der Waals surface area contributed by atoms with E-state index in [1.54, 1.807) is 25.1 Å². The van der Waals surface area contributed by atoms with E-state index in [1.807, 2.05) is 6.92 Å². The standard InChI is InChI=1S/C14H17Cl2NO3/c1-3-8(2)13(14(19)20)17-12(18)7-9-4-5-10(15)11(16)6-9/h4-6,8,13H,3,7H2,1-2H3,(H,17,18)(H,19,20). The monoisotopic (exact) mass is 317 g/mol. The largest absolute Gasteiger partial charge is 0.480 e. The molecule has 2 N–H and O–H groups in total. The highest BCUT2D eigenvalue weighted by atomic mass is 35.5. The van der Waals surface area contributed by atoms with Crippen LogP contribution < -0.4 is 5.32 Å². The second kappa shape index (κ2) is 7.50. The molecule has 0 aromatic heterocycles. The van der Waals surface area contributed by atoms with Crippen molar-refractivity contribution in [1.82, 2.24) is 5.32 Å². The Morgan fingerprint density at radius 2 is 1.95 bits per heavy atom. The van der Waals surface area contributed by atoms with Gasteiger partial charge in [-0.25, -0.2) is 4.79 Å². The van der Waals surface area contributed by atoms with Gasteiger partial charge in [0.25, 0.3) is 0 Å². The highest BCUT2D eigenvalue weighted by molar-refractivity contribution is 6.42. The number of carboxylic acid groups (broad SMARTS) is 1. The average Bonchev–Trinajstić information content (AvgIpc) is 2.39. The van der Waals surface area contributed by atoms with E-state index in [1.165, 1.54) is 0 Å². The van der Waals surface area contributed by atoms with Gasteiger partial charge in [0, 0.05) is 0 Å². The number of hydrogen-bond acceptors (Lipinski definition) is 2. The number of carboxylic acids is 1. The summed E-state index contributed by atoms with van der Waals surface area (Å²) in [5.74, 6) is -1.51. The van der Waals surface area contributed by atoms with Crippen LogP contribution >= 0.6 is 23.2 Å². The van der Waals surface area contributed by atoms with Crippen molar-refractivity contribution < 1.29 is 14.7 Å². The van der Waals surface area contributed by atoms with E-state index < -0.39 is 12.0 Å². The molecule has 1 aromatic carbocycles. The van der Waals surface area contributed by atoms with Crippen LogP contribution in [0, 0.1) is 5.92 Å². The number of amides is 1. The van der Waals surface area contributed by atoms with E-state index in [0.717, 1.165) is 0 Å². The van der Waals surface area contributed by atoms with Gasteiger partial charge < -0.3 is 10.4 Å². The smallest absolute Gasteiger partial charge is 0.326 e. The third-order valence-corrected chi connectivity index (χ3v) is 3.88. The molecule has 0 bridgehead atoms. The van der Waals surface area contributed by atoms with Gasteiger partial charge in [0.15, 0.2) is 0 Å². The number of aliphatic carboxylic acids is 1. The summed E-state index contributed by atoms with van der Waals surface area (Å²) in [5, 5.41) is 12.4. The topological polar surface area (TPSA) is 66.4 Å². The van der Waals surface area contributed by atoms with Crippen LogP contribution in [0.1, 0.15) is 25.8 Å². The number of benzene rings is 1. The summed E-state index contributed by atoms with van der Waals surface area (Å²) in [6.07, 6.45) is 0.737. The Hall–Kier alpha value is -1.26. The van der Waals surface area contributed by atoms with E-state index in [4.69, 9.17) is 28.3 Å². The Kier molecular flexibility index (Phi) is 6.30. The summed E-state index contributed by atoms with van der Waals surface area (Å²) < 4.78 is 0. The van der Waals surface area contributed by atoms with Crippen LogP contribution in [0.15, 0.2) is 18.2 Å². The van der Waals surface area contributed by atoms with Crippen LogP contribution in [0.2, 0.25) is 10.0 Å². The molecular weight excluding hydrogens is 301 g/mol. The van der Waals surface area contributed by atoms with Gasteiger partial charge in [-0.05, 0) is 23.6 Å². The second-order valence-electron chi connectivity index (χ2n) is 4.69. The van der Waals surface area contributed by atoms with E-state index >= 15 is 0 Å². The minimum atomic E-state index is -1.03. The lowest BCUT2D eigenvalue weighted by molar-refractivity contribution is -0.143. The Balaban J connectivity index is 2.70. The minimum Gasteiger partial charge on any atom is -0.480 e. The maximum atomic E-state index is 11.9. The van der Waals surface area contributed by atoms with E-state index in [-0.39, 0.29) is 18.2 Å². The molecule has 0 aliphatic heterocycles. The van der Waals surface area contributed by atoms with Gasteiger partial charge in [0.2, 0.25) is 5.91 Å². The molecule has 1 aromatic rings. The fraction of sp³-hybridized carbons (Fsp3) is 0.429. The Labute approximate surface area is 128 Å². The third-order valence-electron chi connectivity index (χ3n) is 3.14. The normalized spacial score (nSPS) is 13.6. The van der Waals surface area contributed by atoms with Gasteiger partial charge in [0.1, 0.15) is 6.04 Å². The number of carbonyl (C=O) groups is 2. The molecule has 1 amide bonds. The van der Waals surface area contributed by atoms with Crippen molar-refractivity contribution >= 4 is 35.1 Å². The first-order valence-corrected chi connectivity index (χ1v) is 7.06. The van der Waals surface area contributed by atoms with Crippen molar-refractivity contribution in [2.24, 2.45) is 5.92 Å². The first kappa shape index (κ1) is 16.8. The lowest BCUT2D eigenvalue weighted by Gasteiger charge is -2.20. The summed E-state index contributed by atoms with van der Waals surface area (Å²) in [5.41, 5.74) is 0.685. The minimum absolute atomic E-state index is 0.0666. The van der Waals surface area contributed by atoms with Crippen molar-refractivity contribution in [3.63, 3.8) is 0 Å². The SMILES string of the molecule is CCC(C)C(NC(=O)Cc1ccc(Cl)c(Cl)c1)C(=O)O. The first-order valence-electron chi connectivity index (χ1n) is 6.31.